The van der Waals surface area contributed by atoms with Crippen LogP contribution in [0.1, 0.15) is 15.9 Å². The Balaban J connectivity index is 1.68. The van der Waals surface area contributed by atoms with Gasteiger partial charge in [-0.25, -0.2) is 9.37 Å². The summed E-state index contributed by atoms with van der Waals surface area (Å²) in [5, 5.41) is 0. The zero-order valence-electron chi connectivity index (χ0n) is 13.8. The monoisotopic (exact) mass is 329 g/mol. The third-order valence-corrected chi connectivity index (χ3v) is 4.26. The van der Waals surface area contributed by atoms with Crippen LogP contribution in [0.2, 0.25) is 0 Å². The molecule has 1 aliphatic heterocycles. The van der Waals surface area contributed by atoms with E-state index in [2.05, 4.69) is 4.98 Å². The maximum atomic E-state index is 13.8. The molecular formula is C18H20FN3O2. The van der Waals surface area contributed by atoms with Crippen molar-refractivity contribution in [1.29, 1.82) is 0 Å². The highest BCUT2D eigenvalue weighted by Crippen LogP contribution is 2.22. The van der Waals surface area contributed by atoms with Gasteiger partial charge in [-0.1, -0.05) is 6.07 Å². The van der Waals surface area contributed by atoms with Crippen LogP contribution in [0.4, 0.5) is 10.2 Å². The third kappa shape index (κ3) is 3.18. The van der Waals surface area contributed by atoms with Crippen molar-refractivity contribution in [2.45, 2.75) is 6.92 Å². The average molecular weight is 329 g/mol. The highest BCUT2D eigenvalue weighted by Gasteiger charge is 2.24. The Morgan fingerprint density at radius 3 is 2.62 bits per heavy atom. The first-order valence-corrected chi connectivity index (χ1v) is 7.89. The van der Waals surface area contributed by atoms with Gasteiger partial charge in [0.25, 0.3) is 5.91 Å². The number of carbonyl (C=O) groups is 1. The van der Waals surface area contributed by atoms with Gasteiger partial charge in [0.15, 0.2) is 11.6 Å². The fourth-order valence-corrected chi connectivity index (χ4v) is 2.87. The Morgan fingerprint density at radius 2 is 1.96 bits per heavy atom. The molecule has 0 unspecified atom stereocenters. The highest BCUT2D eigenvalue weighted by molar-refractivity contribution is 5.95. The van der Waals surface area contributed by atoms with Crippen LogP contribution >= 0.6 is 0 Å². The summed E-state index contributed by atoms with van der Waals surface area (Å²) in [5.74, 6) is 0.687. The number of aromatic nitrogens is 1. The van der Waals surface area contributed by atoms with E-state index in [9.17, 15) is 9.18 Å². The number of hydrogen-bond acceptors (Lipinski definition) is 4. The minimum absolute atomic E-state index is 0.0329. The van der Waals surface area contributed by atoms with Gasteiger partial charge in [-0.05, 0) is 36.8 Å². The molecule has 0 spiro atoms. The summed E-state index contributed by atoms with van der Waals surface area (Å²) >= 11 is 0. The molecule has 2 aromatic rings. The topological polar surface area (TPSA) is 45.7 Å². The lowest BCUT2D eigenvalue weighted by molar-refractivity contribution is 0.0746. The third-order valence-electron chi connectivity index (χ3n) is 4.26. The molecule has 1 aromatic carbocycles. The molecule has 2 heterocycles. The van der Waals surface area contributed by atoms with Crippen molar-refractivity contribution >= 4 is 11.7 Å². The lowest BCUT2D eigenvalue weighted by Gasteiger charge is -2.35. The van der Waals surface area contributed by atoms with E-state index >= 15 is 0 Å². The number of aryl methyl sites for hydroxylation is 1. The second kappa shape index (κ2) is 6.86. The summed E-state index contributed by atoms with van der Waals surface area (Å²) in [5.41, 5.74) is 1.60. The molecule has 6 heteroatoms. The predicted octanol–water partition coefficient (Wildman–Crippen LogP) is 2.50. The van der Waals surface area contributed by atoms with E-state index in [1.807, 2.05) is 24.0 Å². The van der Waals surface area contributed by atoms with Gasteiger partial charge in [-0.2, -0.15) is 0 Å². The van der Waals surface area contributed by atoms with Crippen molar-refractivity contribution in [3.05, 3.63) is 53.5 Å². The van der Waals surface area contributed by atoms with Crippen LogP contribution in [0.25, 0.3) is 0 Å². The molecule has 24 heavy (non-hydrogen) atoms. The van der Waals surface area contributed by atoms with Gasteiger partial charge < -0.3 is 14.5 Å². The van der Waals surface area contributed by atoms with E-state index in [0.29, 0.717) is 43.3 Å². The highest BCUT2D eigenvalue weighted by atomic mass is 19.1. The first kappa shape index (κ1) is 16.2. The fraction of sp³-hybridized carbons (Fsp3) is 0.333. The van der Waals surface area contributed by atoms with E-state index in [-0.39, 0.29) is 11.7 Å². The van der Waals surface area contributed by atoms with Crippen molar-refractivity contribution in [2.24, 2.45) is 0 Å². The van der Waals surface area contributed by atoms with Gasteiger partial charge in [-0.15, -0.1) is 0 Å². The maximum absolute atomic E-state index is 13.8. The number of amides is 1. The number of methoxy groups -OCH3 is 1. The molecule has 5 nitrogen and oxygen atoms in total. The SMILES string of the molecule is COc1cc(C(=O)N2CCN(c3ncccc3F)CC2)ccc1C. The van der Waals surface area contributed by atoms with Crippen molar-refractivity contribution in [2.75, 3.05) is 38.2 Å². The van der Waals surface area contributed by atoms with Gasteiger partial charge in [0.2, 0.25) is 0 Å². The Kier molecular flexibility index (Phi) is 4.64. The number of rotatable bonds is 3. The molecule has 0 atom stereocenters. The van der Waals surface area contributed by atoms with Crippen molar-refractivity contribution in [3.8, 4) is 5.75 Å². The van der Waals surface area contributed by atoms with Crippen LogP contribution in [-0.4, -0.2) is 49.1 Å². The van der Waals surface area contributed by atoms with Crippen LogP contribution in [0, 0.1) is 12.7 Å². The van der Waals surface area contributed by atoms with Crippen molar-refractivity contribution < 1.29 is 13.9 Å². The van der Waals surface area contributed by atoms with E-state index in [1.165, 1.54) is 6.07 Å². The lowest BCUT2D eigenvalue weighted by atomic mass is 10.1. The smallest absolute Gasteiger partial charge is 0.254 e. The molecule has 0 radical (unpaired) electrons. The molecule has 1 fully saturated rings. The Labute approximate surface area is 140 Å². The first-order valence-electron chi connectivity index (χ1n) is 7.89. The number of ether oxygens (including phenoxy) is 1. The predicted molar refractivity (Wildman–Crippen MR) is 90.0 cm³/mol. The average Bonchev–Trinajstić information content (AvgIpc) is 2.62. The van der Waals surface area contributed by atoms with Gasteiger partial charge >= 0.3 is 0 Å². The summed E-state index contributed by atoms with van der Waals surface area (Å²) in [7, 11) is 1.59. The molecule has 0 aliphatic carbocycles. The number of halogens is 1. The van der Waals surface area contributed by atoms with E-state index in [4.69, 9.17) is 4.74 Å². The van der Waals surface area contributed by atoms with Gasteiger partial charge in [0, 0.05) is 37.9 Å². The minimum Gasteiger partial charge on any atom is -0.496 e. The number of piperazine rings is 1. The number of carbonyl (C=O) groups excluding carboxylic acids is 1. The molecule has 0 N–H and O–H groups in total. The molecule has 3 rings (SSSR count). The summed E-state index contributed by atoms with van der Waals surface area (Å²) in [6.07, 6.45) is 1.58. The first-order chi connectivity index (χ1) is 11.6. The molecule has 0 bridgehead atoms. The number of nitrogens with zero attached hydrogens (tertiary/aromatic N) is 3. The van der Waals surface area contributed by atoms with Crippen LogP contribution in [0.5, 0.6) is 5.75 Å². The minimum atomic E-state index is -0.333. The molecule has 1 aliphatic rings. The lowest BCUT2D eigenvalue weighted by Crippen LogP contribution is -2.49. The number of anilines is 1. The zero-order valence-corrected chi connectivity index (χ0v) is 13.8. The molecule has 1 aromatic heterocycles. The van der Waals surface area contributed by atoms with Gasteiger partial charge in [0.1, 0.15) is 5.75 Å². The summed E-state index contributed by atoms with van der Waals surface area (Å²) < 4.78 is 19.1. The Morgan fingerprint density at radius 1 is 1.21 bits per heavy atom. The largest absolute Gasteiger partial charge is 0.496 e. The summed E-state index contributed by atoms with van der Waals surface area (Å²) in [4.78, 5) is 20.4. The maximum Gasteiger partial charge on any atom is 0.254 e. The second-order valence-electron chi connectivity index (χ2n) is 5.77. The Bertz CT molecular complexity index is 743. The second-order valence-corrected chi connectivity index (χ2v) is 5.77. The van der Waals surface area contributed by atoms with Gasteiger partial charge in [-0.3, -0.25) is 4.79 Å². The fourth-order valence-electron chi connectivity index (χ4n) is 2.87. The van der Waals surface area contributed by atoms with Crippen molar-refractivity contribution in [1.82, 2.24) is 9.88 Å². The van der Waals surface area contributed by atoms with E-state index in [0.717, 1.165) is 5.56 Å². The number of benzene rings is 1. The zero-order chi connectivity index (χ0) is 17.1. The number of hydrogen-bond donors (Lipinski definition) is 0. The van der Waals surface area contributed by atoms with Crippen LogP contribution < -0.4 is 9.64 Å². The van der Waals surface area contributed by atoms with E-state index < -0.39 is 0 Å². The van der Waals surface area contributed by atoms with Crippen LogP contribution in [0.15, 0.2) is 36.5 Å². The Hall–Kier alpha value is -2.63. The molecule has 1 amide bonds. The standard InChI is InChI=1S/C18H20FN3O2/c1-13-5-6-14(12-16(13)24-2)18(23)22-10-8-21(9-11-22)17-15(19)4-3-7-20-17/h3-7,12H,8-11H2,1-2H3. The molecule has 126 valence electrons. The van der Waals surface area contributed by atoms with Gasteiger partial charge in [0.05, 0.1) is 7.11 Å². The summed E-state index contributed by atoms with van der Waals surface area (Å²) in [6.45, 7) is 4.12. The van der Waals surface area contributed by atoms with Crippen LogP contribution in [-0.2, 0) is 0 Å². The quantitative estimate of drug-likeness (QED) is 0.868. The molecule has 1 saturated heterocycles. The van der Waals surface area contributed by atoms with Crippen LogP contribution in [0.3, 0.4) is 0 Å². The molecule has 0 saturated carbocycles. The number of pyridine rings is 1. The van der Waals surface area contributed by atoms with Crippen molar-refractivity contribution in [3.63, 3.8) is 0 Å². The summed E-state index contributed by atoms with van der Waals surface area (Å²) in [6, 6.07) is 8.43. The van der Waals surface area contributed by atoms with E-state index in [1.54, 1.807) is 30.3 Å². The normalized spacial score (nSPS) is 14.6. The molecular weight excluding hydrogens is 309 g/mol.